The lowest BCUT2D eigenvalue weighted by Gasteiger charge is -2.17. The Bertz CT molecular complexity index is 279. The minimum atomic E-state index is 0.331. The first kappa shape index (κ1) is 13.8. The molecule has 110 valence electrons. The van der Waals surface area contributed by atoms with Crippen molar-refractivity contribution in [2.24, 2.45) is 0 Å². The van der Waals surface area contributed by atoms with Crippen LogP contribution in [0.25, 0.3) is 0 Å². The number of likely N-dealkylation sites (N-methyl/N-ethyl adjacent to an activating group) is 1. The quantitative estimate of drug-likeness (QED) is 0.641. The molecule has 3 rings (SSSR count). The van der Waals surface area contributed by atoms with Crippen LogP contribution in [0.2, 0.25) is 0 Å². The monoisotopic (exact) mass is 268 g/mol. The lowest BCUT2D eigenvalue weighted by Crippen LogP contribution is -2.30. The number of hydrogen-bond donors (Lipinski definition) is 1. The van der Waals surface area contributed by atoms with Crippen LogP contribution in [0.4, 0.5) is 0 Å². The maximum atomic E-state index is 6.01. The van der Waals surface area contributed by atoms with Crippen molar-refractivity contribution in [3.05, 3.63) is 0 Å². The predicted octanol–water partition coefficient (Wildman–Crippen LogP) is 1.40. The second-order valence-electron chi connectivity index (χ2n) is 6.43. The fourth-order valence-electron chi connectivity index (χ4n) is 2.76. The molecule has 2 unspecified atom stereocenters. The van der Waals surface area contributed by atoms with E-state index in [1.807, 2.05) is 0 Å². The fraction of sp³-hybridized carbons (Fsp3) is 1.00. The summed E-state index contributed by atoms with van der Waals surface area (Å²) in [5.74, 6) is 0. The first-order valence-electron chi connectivity index (χ1n) is 7.98. The van der Waals surface area contributed by atoms with E-state index in [0.29, 0.717) is 12.2 Å². The minimum Gasteiger partial charge on any atom is -0.377 e. The van der Waals surface area contributed by atoms with E-state index in [0.717, 1.165) is 44.8 Å². The average Bonchev–Trinajstić information content (AvgIpc) is 3.31. The summed E-state index contributed by atoms with van der Waals surface area (Å²) in [6, 6.07) is 1.63. The second-order valence-corrected chi connectivity index (χ2v) is 6.43. The van der Waals surface area contributed by atoms with Gasteiger partial charge >= 0.3 is 0 Å². The van der Waals surface area contributed by atoms with Crippen molar-refractivity contribution in [3.63, 3.8) is 0 Å². The highest BCUT2D eigenvalue weighted by Gasteiger charge is 2.28. The number of ether oxygens (including phenoxy) is 2. The first-order valence-corrected chi connectivity index (χ1v) is 7.98. The smallest absolute Gasteiger partial charge is 0.0813 e. The molecular formula is C15H28N2O2. The molecule has 1 saturated heterocycles. The van der Waals surface area contributed by atoms with Crippen LogP contribution in [0.3, 0.4) is 0 Å². The Morgan fingerprint density at radius 3 is 2.63 bits per heavy atom. The molecule has 1 aliphatic heterocycles. The molecule has 0 radical (unpaired) electrons. The van der Waals surface area contributed by atoms with Crippen LogP contribution in [-0.2, 0) is 9.47 Å². The van der Waals surface area contributed by atoms with E-state index < -0.39 is 0 Å². The van der Waals surface area contributed by atoms with Crippen LogP contribution in [0.5, 0.6) is 0 Å². The van der Waals surface area contributed by atoms with Gasteiger partial charge in [0.15, 0.2) is 0 Å². The Hall–Kier alpha value is -0.160. The molecule has 3 fully saturated rings. The standard InChI is InChI=1S/C15H28N2O2/c1-17(13-4-5-13)8-9-18-11-15-7-6-14(19-15)10-16-12-2-3-12/h12-16H,2-11H2,1H3. The molecule has 2 atom stereocenters. The van der Waals surface area contributed by atoms with Gasteiger partial charge in [-0.15, -0.1) is 0 Å². The summed E-state index contributed by atoms with van der Waals surface area (Å²) in [6.07, 6.45) is 8.56. The van der Waals surface area contributed by atoms with E-state index in [1.54, 1.807) is 0 Å². The van der Waals surface area contributed by atoms with Gasteiger partial charge in [0, 0.05) is 25.2 Å². The van der Waals surface area contributed by atoms with Gasteiger partial charge in [-0.25, -0.2) is 0 Å². The van der Waals surface area contributed by atoms with Gasteiger partial charge in [0.25, 0.3) is 0 Å². The molecule has 19 heavy (non-hydrogen) atoms. The number of nitrogens with one attached hydrogen (secondary N) is 1. The van der Waals surface area contributed by atoms with E-state index in [2.05, 4.69) is 17.3 Å². The van der Waals surface area contributed by atoms with E-state index in [1.165, 1.54) is 32.1 Å². The highest BCUT2D eigenvalue weighted by atomic mass is 16.5. The molecule has 1 N–H and O–H groups in total. The summed E-state index contributed by atoms with van der Waals surface area (Å²) in [4.78, 5) is 2.41. The van der Waals surface area contributed by atoms with Crippen molar-refractivity contribution in [1.82, 2.24) is 10.2 Å². The third-order valence-corrected chi connectivity index (χ3v) is 4.47. The summed E-state index contributed by atoms with van der Waals surface area (Å²) in [6.45, 7) is 3.71. The SMILES string of the molecule is CN(CCOCC1CCC(CNC2CC2)O1)C1CC1. The van der Waals surface area contributed by atoms with Crippen molar-refractivity contribution in [2.75, 3.05) is 33.4 Å². The molecule has 2 aliphatic carbocycles. The summed E-state index contributed by atoms with van der Waals surface area (Å²) < 4.78 is 11.8. The Labute approximate surface area is 116 Å². The number of nitrogens with zero attached hydrogens (tertiary/aromatic N) is 1. The maximum Gasteiger partial charge on any atom is 0.0813 e. The van der Waals surface area contributed by atoms with Crippen LogP contribution in [-0.4, -0.2) is 62.5 Å². The van der Waals surface area contributed by atoms with Gasteiger partial charge in [-0.2, -0.15) is 0 Å². The van der Waals surface area contributed by atoms with Gasteiger partial charge in [-0.3, -0.25) is 0 Å². The Morgan fingerprint density at radius 2 is 1.89 bits per heavy atom. The summed E-state index contributed by atoms with van der Waals surface area (Å²) in [7, 11) is 2.20. The topological polar surface area (TPSA) is 33.7 Å². The Kier molecular flexibility index (Phi) is 4.74. The summed E-state index contributed by atoms with van der Waals surface area (Å²) in [5, 5.41) is 3.55. The predicted molar refractivity (Wildman–Crippen MR) is 75.4 cm³/mol. The third-order valence-electron chi connectivity index (χ3n) is 4.47. The van der Waals surface area contributed by atoms with Crippen molar-refractivity contribution in [2.45, 2.75) is 62.8 Å². The summed E-state index contributed by atoms with van der Waals surface area (Å²) >= 11 is 0. The molecule has 0 amide bonds. The Balaban J connectivity index is 1.20. The second kappa shape index (κ2) is 6.53. The highest BCUT2D eigenvalue weighted by molar-refractivity contribution is 4.84. The molecule has 3 aliphatic rings. The Morgan fingerprint density at radius 1 is 1.11 bits per heavy atom. The van der Waals surface area contributed by atoms with Crippen molar-refractivity contribution < 1.29 is 9.47 Å². The molecule has 0 aromatic heterocycles. The summed E-state index contributed by atoms with van der Waals surface area (Å²) in [5.41, 5.74) is 0. The van der Waals surface area contributed by atoms with E-state index in [-0.39, 0.29) is 0 Å². The van der Waals surface area contributed by atoms with Crippen LogP contribution in [0.15, 0.2) is 0 Å². The molecule has 2 saturated carbocycles. The van der Waals surface area contributed by atoms with Crippen LogP contribution < -0.4 is 5.32 Å². The fourth-order valence-corrected chi connectivity index (χ4v) is 2.76. The zero-order valence-corrected chi connectivity index (χ0v) is 12.1. The van der Waals surface area contributed by atoms with E-state index >= 15 is 0 Å². The van der Waals surface area contributed by atoms with Crippen LogP contribution in [0, 0.1) is 0 Å². The zero-order valence-electron chi connectivity index (χ0n) is 12.1. The van der Waals surface area contributed by atoms with Gasteiger partial charge in [0.05, 0.1) is 25.4 Å². The number of hydrogen-bond acceptors (Lipinski definition) is 4. The van der Waals surface area contributed by atoms with Crippen molar-refractivity contribution >= 4 is 0 Å². The lowest BCUT2D eigenvalue weighted by molar-refractivity contribution is -0.0175. The van der Waals surface area contributed by atoms with E-state index in [4.69, 9.17) is 9.47 Å². The van der Waals surface area contributed by atoms with Gasteiger partial charge in [0.2, 0.25) is 0 Å². The molecular weight excluding hydrogens is 240 g/mol. The average molecular weight is 268 g/mol. The normalized spacial score (nSPS) is 31.3. The zero-order chi connectivity index (χ0) is 13.1. The van der Waals surface area contributed by atoms with Gasteiger partial charge in [-0.05, 0) is 45.6 Å². The van der Waals surface area contributed by atoms with Gasteiger partial charge < -0.3 is 19.7 Å². The third kappa shape index (κ3) is 4.71. The molecule has 0 bridgehead atoms. The molecule has 0 aromatic carbocycles. The highest BCUT2D eigenvalue weighted by Crippen LogP contribution is 2.25. The van der Waals surface area contributed by atoms with Crippen molar-refractivity contribution in [1.29, 1.82) is 0 Å². The molecule has 1 heterocycles. The van der Waals surface area contributed by atoms with Crippen molar-refractivity contribution in [3.8, 4) is 0 Å². The van der Waals surface area contributed by atoms with Crippen LogP contribution >= 0.6 is 0 Å². The number of rotatable bonds is 9. The minimum absolute atomic E-state index is 0.331. The largest absolute Gasteiger partial charge is 0.377 e. The molecule has 0 spiro atoms. The molecule has 4 nitrogen and oxygen atoms in total. The van der Waals surface area contributed by atoms with Crippen LogP contribution in [0.1, 0.15) is 38.5 Å². The molecule has 4 heteroatoms. The van der Waals surface area contributed by atoms with Gasteiger partial charge in [-0.1, -0.05) is 0 Å². The van der Waals surface area contributed by atoms with Gasteiger partial charge in [0.1, 0.15) is 0 Å². The van der Waals surface area contributed by atoms with E-state index in [9.17, 15) is 0 Å². The molecule has 0 aromatic rings. The lowest BCUT2D eigenvalue weighted by atomic mass is 10.2. The first-order chi connectivity index (χ1) is 9.31. The maximum absolute atomic E-state index is 6.01.